The average molecular weight is 251 g/mol. The first-order valence-electron chi connectivity index (χ1n) is 6.27. The van der Waals surface area contributed by atoms with Crippen LogP contribution in [-0.2, 0) is 0 Å². The first kappa shape index (κ1) is 12.6. The van der Waals surface area contributed by atoms with E-state index in [1.54, 1.807) is 0 Å². The van der Waals surface area contributed by atoms with E-state index in [1.165, 1.54) is 18.6 Å². The Morgan fingerprint density at radius 1 is 1.35 bits per heavy atom. The van der Waals surface area contributed by atoms with E-state index in [9.17, 15) is 5.11 Å². The Morgan fingerprint density at radius 3 is 2.82 bits per heavy atom. The van der Waals surface area contributed by atoms with Gasteiger partial charge in [0.05, 0.1) is 0 Å². The lowest BCUT2D eigenvalue weighted by atomic mass is 10.0. The number of aryl methyl sites for hydroxylation is 1. The quantitative estimate of drug-likeness (QED) is 0.840. The van der Waals surface area contributed by atoms with Crippen molar-refractivity contribution in [2.45, 2.75) is 44.9 Å². The molecule has 1 aliphatic heterocycles. The summed E-state index contributed by atoms with van der Waals surface area (Å²) in [5.74, 6) is 1.70. The molecular formula is C14H21NOS. The fourth-order valence-electron chi connectivity index (χ4n) is 2.30. The molecule has 1 aromatic carbocycles. The van der Waals surface area contributed by atoms with Crippen LogP contribution in [0, 0.1) is 13.8 Å². The molecule has 2 rings (SSSR count). The molecule has 3 heteroatoms. The number of aromatic hydroxyl groups is 1. The van der Waals surface area contributed by atoms with Gasteiger partial charge in [-0.15, -0.1) is 0 Å². The van der Waals surface area contributed by atoms with Crippen molar-refractivity contribution in [2.24, 2.45) is 0 Å². The molecule has 94 valence electrons. The fourth-order valence-corrected chi connectivity index (χ4v) is 3.45. The van der Waals surface area contributed by atoms with E-state index < -0.39 is 0 Å². The maximum absolute atomic E-state index is 9.94. The monoisotopic (exact) mass is 251 g/mol. The average Bonchev–Trinajstić information content (AvgIpc) is 2.32. The highest BCUT2D eigenvalue weighted by molar-refractivity contribution is 8.00. The summed E-state index contributed by atoms with van der Waals surface area (Å²) in [7, 11) is 0. The van der Waals surface area contributed by atoms with Crippen LogP contribution < -0.4 is 5.32 Å². The molecule has 17 heavy (non-hydrogen) atoms. The second-order valence-electron chi connectivity index (χ2n) is 4.87. The predicted octanol–water partition coefficient (Wildman–Crippen LogP) is 3.71. The highest BCUT2D eigenvalue weighted by Crippen LogP contribution is 2.32. The maximum atomic E-state index is 9.94. The molecule has 2 atom stereocenters. The van der Waals surface area contributed by atoms with Crippen molar-refractivity contribution in [3.63, 3.8) is 0 Å². The van der Waals surface area contributed by atoms with Gasteiger partial charge in [0.25, 0.3) is 0 Å². The third kappa shape index (κ3) is 2.71. The highest BCUT2D eigenvalue weighted by atomic mass is 32.2. The summed E-state index contributed by atoms with van der Waals surface area (Å²) in [6.07, 6.45) is 2.51. The maximum Gasteiger partial charge on any atom is 0.123 e. The van der Waals surface area contributed by atoms with Crippen LogP contribution in [0.5, 0.6) is 5.75 Å². The van der Waals surface area contributed by atoms with Gasteiger partial charge in [0.1, 0.15) is 5.75 Å². The van der Waals surface area contributed by atoms with Gasteiger partial charge in [0.2, 0.25) is 0 Å². The number of anilines is 1. The van der Waals surface area contributed by atoms with Crippen molar-refractivity contribution in [1.82, 2.24) is 0 Å². The smallest absolute Gasteiger partial charge is 0.123 e. The molecular weight excluding hydrogens is 230 g/mol. The molecule has 2 N–H and O–H groups in total. The number of benzene rings is 1. The zero-order valence-corrected chi connectivity index (χ0v) is 11.6. The Hall–Kier alpha value is -0.830. The van der Waals surface area contributed by atoms with Gasteiger partial charge >= 0.3 is 0 Å². The van der Waals surface area contributed by atoms with E-state index in [-0.39, 0.29) is 0 Å². The van der Waals surface area contributed by atoms with Crippen molar-refractivity contribution in [2.75, 3.05) is 11.1 Å². The summed E-state index contributed by atoms with van der Waals surface area (Å²) in [5, 5.41) is 14.2. The molecule has 1 heterocycles. The van der Waals surface area contributed by atoms with Crippen LogP contribution in [0.25, 0.3) is 0 Å². The van der Waals surface area contributed by atoms with Gasteiger partial charge in [-0.25, -0.2) is 0 Å². The minimum atomic E-state index is 0.422. The van der Waals surface area contributed by atoms with Crippen molar-refractivity contribution in [3.05, 3.63) is 23.3 Å². The van der Waals surface area contributed by atoms with Crippen LogP contribution in [0.4, 0.5) is 5.69 Å². The molecule has 1 aliphatic rings. The first-order valence-corrected chi connectivity index (χ1v) is 7.32. The number of phenols is 1. The van der Waals surface area contributed by atoms with E-state index in [0.717, 1.165) is 16.8 Å². The zero-order chi connectivity index (χ0) is 12.4. The Balaban J connectivity index is 2.15. The third-order valence-electron chi connectivity index (χ3n) is 3.58. The molecule has 1 saturated heterocycles. The normalized spacial score (nSPS) is 24.6. The minimum Gasteiger partial charge on any atom is -0.507 e. The van der Waals surface area contributed by atoms with Crippen LogP contribution >= 0.6 is 11.8 Å². The molecule has 0 amide bonds. The lowest BCUT2D eigenvalue weighted by Crippen LogP contribution is -2.33. The molecule has 1 fully saturated rings. The van der Waals surface area contributed by atoms with E-state index in [4.69, 9.17) is 0 Å². The fraction of sp³-hybridized carbons (Fsp3) is 0.571. The van der Waals surface area contributed by atoms with Crippen LogP contribution in [0.3, 0.4) is 0 Å². The number of phenolic OH excluding ortho intramolecular Hbond substituents is 1. The molecule has 0 aliphatic carbocycles. The van der Waals surface area contributed by atoms with Gasteiger partial charge in [0.15, 0.2) is 0 Å². The topological polar surface area (TPSA) is 32.3 Å². The molecule has 0 bridgehead atoms. The number of nitrogens with one attached hydrogen (secondary N) is 1. The van der Waals surface area contributed by atoms with Crippen LogP contribution in [-0.4, -0.2) is 22.2 Å². The van der Waals surface area contributed by atoms with E-state index in [2.05, 4.69) is 18.3 Å². The van der Waals surface area contributed by atoms with Gasteiger partial charge in [-0.3, -0.25) is 0 Å². The van der Waals surface area contributed by atoms with E-state index >= 15 is 0 Å². The van der Waals surface area contributed by atoms with E-state index in [0.29, 0.717) is 17.0 Å². The summed E-state index contributed by atoms with van der Waals surface area (Å²) in [4.78, 5) is 0. The van der Waals surface area contributed by atoms with Crippen molar-refractivity contribution < 1.29 is 5.11 Å². The summed E-state index contributed by atoms with van der Waals surface area (Å²) >= 11 is 2.03. The van der Waals surface area contributed by atoms with Gasteiger partial charge in [-0.2, -0.15) is 11.8 Å². The molecule has 0 aromatic heterocycles. The van der Waals surface area contributed by atoms with Crippen molar-refractivity contribution >= 4 is 17.4 Å². The lowest BCUT2D eigenvalue weighted by Gasteiger charge is -2.30. The molecule has 2 unspecified atom stereocenters. The number of hydrogen-bond donors (Lipinski definition) is 2. The van der Waals surface area contributed by atoms with Crippen LogP contribution in [0.2, 0.25) is 0 Å². The van der Waals surface area contributed by atoms with Gasteiger partial charge < -0.3 is 10.4 Å². The minimum absolute atomic E-state index is 0.422. The number of thioether (sulfide) groups is 1. The predicted molar refractivity (Wildman–Crippen MR) is 76.1 cm³/mol. The van der Waals surface area contributed by atoms with Gasteiger partial charge in [-0.05, 0) is 44.1 Å². The largest absolute Gasteiger partial charge is 0.507 e. The Kier molecular flexibility index (Phi) is 3.87. The summed E-state index contributed by atoms with van der Waals surface area (Å²) < 4.78 is 0. The van der Waals surface area contributed by atoms with Crippen molar-refractivity contribution in [1.29, 1.82) is 0 Å². The first-order chi connectivity index (χ1) is 8.09. The van der Waals surface area contributed by atoms with Gasteiger partial charge in [0, 0.05) is 22.5 Å². The Morgan fingerprint density at radius 2 is 2.12 bits per heavy atom. The molecule has 0 spiro atoms. The second-order valence-corrected chi connectivity index (χ2v) is 6.36. The number of hydrogen-bond acceptors (Lipinski definition) is 3. The molecule has 0 saturated carbocycles. The molecule has 0 radical (unpaired) electrons. The second kappa shape index (κ2) is 5.21. The Bertz CT molecular complexity index is 405. The molecule has 2 nitrogen and oxygen atoms in total. The summed E-state index contributed by atoms with van der Waals surface area (Å²) in [6, 6.07) is 4.58. The summed E-state index contributed by atoms with van der Waals surface area (Å²) in [6.45, 7) is 6.20. The van der Waals surface area contributed by atoms with Gasteiger partial charge in [-0.1, -0.05) is 13.0 Å². The van der Waals surface area contributed by atoms with Crippen LogP contribution in [0.1, 0.15) is 30.9 Å². The van der Waals surface area contributed by atoms with Crippen molar-refractivity contribution in [3.8, 4) is 5.75 Å². The third-order valence-corrected chi connectivity index (χ3v) is 4.96. The standard InChI is InChI=1S/C14H21NOS/c1-9-6-7-12(10(2)14(9)16)15-13-5-4-8-17-11(13)3/h6-7,11,13,15-16H,4-5,8H2,1-3H3. The lowest BCUT2D eigenvalue weighted by molar-refractivity contribution is 0.467. The van der Waals surface area contributed by atoms with Crippen LogP contribution in [0.15, 0.2) is 12.1 Å². The highest BCUT2D eigenvalue weighted by Gasteiger charge is 2.22. The SMILES string of the molecule is Cc1ccc(NC2CCCSC2C)c(C)c1O. The Labute approximate surface area is 108 Å². The summed E-state index contributed by atoms with van der Waals surface area (Å²) in [5.41, 5.74) is 2.99. The zero-order valence-electron chi connectivity index (χ0n) is 10.8. The molecule has 1 aromatic rings. The number of rotatable bonds is 2. The van der Waals surface area contributed by atoms with E-state index in [1.807, 2.05) is 31.7 Å².